The molecule has 1 aliphatic heterocycles. The second kappa shape index (κ2) is 4.58. The van der Waals surface area contributed by atoms with Crippen molar-refractivity contribution in [3.05, 3.63) is 16.7 Å². The van der Waals surface area contributed by atoms with Crippen LogP contribution in [0.2, 0.25) is 5.28 Å². The Balaban J connectivity index is 2.06. The van der Waals surface area contributed by atoms with Crippen molar-refractivity contribution in [2.24, 2.45) is 0 Å². The van der Waals surface area contributed by atoms with Gasteiger partial charge in [-0.2, -0.15) is 4.98 Å². The van der Waals surface area contributed by atoms with Gasteiger partial charge in [-0.25, -0.2) is 4.98 Å². The van der Waals surface area contributed by atoms with E-state index in [1.807, 2.05) is 5.38 Å². The standard InChI is InChI=1S/C13H16ClN3OS/c1-8-6-17(7-13(2,3)18-8)10-9-4-5-19-11(9)16-12(14)15-10/h4-5,8H,6-7H2,1-3H3. The van der Waals surface area contributed by atoms with Crippen LogP contribution in [-0.4, -0.2) is 34.8 Å². The van der Waals surface area contributed by atoms with Crippen LogP contribution in [0.15, 0.2) is 11.4 Å². The van der Waals surface area contributed by atoms with E-state index in [9.17, 15) is 0 Å². The first-order valence-electron chi connectivity index (χ1n) is 6.28. The minimum Gasteiger partial charge on any atom is -0.369 e. The van der Waals surface area contributed by atoms with E-state index in [0.717, 1.165) is 29.1 Å². The predicted octanol–water partition coefficient (Wildman–Crippen LogP) is 3.35. The molecule has 2 aromatic rings. The van der Waals surface area contributed by atoms with Crippen LogP contribution in [-0.2, 0) is 4.74 Å². The summed E-state index contributed by atoms with van der Waals surface area (Å²) in [6, 6.07) is 2.05. The van der Waals surface area contributed by atoms with Gasteiger partial charge in [0.05, 0.1) is 17.1 Å². The molecular weight excluding hydrogens is 282 g/mol. The average Bonchev–Trinajstić information content (AvgIpc) is 2.72. The van der Waals surface area contributed by atoms with Crippen LogP contribution in [0.25, 0.3) is 10.2 Å². The summed E-state index contributed by atoms with van der Waals surface area (Å²) in [5.41, 5.74) is -0.183. The highest BCUT2D eigenvalue weighted by Gasteiger charge is 2.32. The highest BCUT2D eigenvalue weighted by Crippen LogP contribution is 2.32. The highest BCUT2D eigenvalue weighted by molar-refractivity contribution is 7.16. The number of nitrogens with zero attached hydrogens (tertiary/aromatic N) is 3. The molecule has 6 heteroatoms. The minimum absolute atomic E-state index is 0.172. The monoisotopic (exact) mass is 297 g/mol. The summed E-state index contributed by atoms with van der Waals surface area (Å²) in [4.78, 5) is 11.9. The van der Waals surface area contributed by atoms with E-state index in [-0.39, 0.29) is 11.7 Å². The zero-order chi connectivity index (χ0) is 13.6. The molecule has 0 aliphatic carbocycles. The van der Waals surface area contributed by atoms with Gasteiger partial charge in [-0.1, -0.05) is 0 Å². The van der Waals surface area contributed by atoms with Gasteiger partial charge in [-0.05, 0) is 43.8 Å². The minimum atomic E-state index is -0.183. The number of hydrogen-bond donors (Lipinski definition) is 0. The summed E-state index contributed by atoms with van der Waals surface area (Å²) in [6.07, 6.45) is 0.172. The summed E-state index contributed by atoms with van der Waals surface area (Å²) >= 11 is 7.62. The van der Waals surface area contributed by atoms with Gasteiger partial charge in [0, 0.05) is 13.1 Å². The number of fused-ring (bicyclic) bond motifs is 1. The summed E-state index contributed by atoms with van der Waals surface area (Å²) in [5.74, 6) is 0.916. The molecule has 1 atom stereocenters. The summed E-state index contributed by atoms with van der Waals surface area (Å²) in [7, 11) is 0. The molecule has 1 fully saturated rings. The Labute approximate surface area is 121 Å². The van der Waals surface area contributed by atoms with E-state index in [0.29, 0.717) is 5.28 Å². The second-order valence-corrected chi connectivity index (χ2v) is 6.76. The van der Waals surface area contributed by atoms with Gasteiger partial charge in [0.25, 0.3) is 0 Å². The van der Waals surface area contributed by atoms with Gasteiger partial charge in [0.1, 0.15) is 10.6 Å². The van der Waals surface area contributed by atoms with Crippen LogP contribution >= 0.6 is 22.9 Å². The van der Waals surface area contributed by atoms with E-state index < -0.39 is 0 Å². The van der Waals surface area contributed by atoms with Crippen molar-refractivity contribution in [1.29, 1.82) is 0 Å². The molecule has 19 heavy (non-hydrogen) atoms. The number of thiophene rings is 1. The Bertz CT molecular complexity index is 613. The van der Waals surface area contributed by atoms with Gasteiger partial charge in [0.15, 0.2) is 0 Å². The molecule has 3 rings (SSSR count). The van der Waals surface area contributed by atoms with Crippen molar-refractivity contribution in [2.45, 2.75) is 32.5 Å². The molecule has 1 unspecified atom stereocenters. The normalized spacial score (nSPS) is 22.9. The van der Waals surface area contributed by atoms with E-state index >= 15 is 0 Å². The lowest BCUT2D eigenvalue weighted by atomic mass is 10.1. The van der Waals surface area contributed by atoms with Crippen LogP contribution in [0.5, 0.6) is 0 Å². The molecule has 0 spiro atoms. The molecule has 1 saturated heterocycles. The lowest BCUT2D eigenvalue weighted by molar-refractivity contribution is -0.0751. The quantitative estimate of drug-likeness (QED) is 0.757. The molecule has 0 bridgehead atoms. The van der Waals surface area contributed by atoms with E-state index in [1.165, 1.54) is 0 Å². The molecule has 0 N–H and O–H groups in total. The third-order valence-electron chi connectivity index (χ3n) is 3.15. The number of morpholine rings is 1. The van der Waals surface area contributed by atoms with Crippen molar-refractivity contribution in [2.75, 3.05) is 18.0 Å². The van der Waals surface area contributed by atoms with Crippen LogP contribution in [0.4, 0.5) is 5.82 Å². The smallest absolute Gasteiger partial charge is 0.225 e. The molecule has 0 radical (unpaired) electrons. The Morgan fingerprint density at radius 1 is 1.47 bits per heavy atom. The van der Waals surface area contributed by atoms with E-state index in [2.05, 4.69) is 41.7 Å². The summed E-state index contributed by atoms with van der Waals surface area (Å²) in [5, 5.41) is 3.40. The van der Waals surface area contributed by atoms with Crippen molar-refractivity contribution in [1.82, 2.24) is 9.97 Å². The van der Waals surface area contributed by atoms with Gasteiger partial charge in [0.2, 0.25) is 5.28 Å². The van der Waals surface area contributed by atoms with Crippen LogP contribution in [0.1, 0.15) is 20.8 Å². The second-order valence-electron chi connectivity index (χ2n) is 5.52. The average molecular weight is 298 g/mol. The number of rotatable bonds is 1. The maximum absolute atomic E-state index is 6.03. The molecular formula is C13H16ClN3OS. The number of halogens is 1. The fraction of sp³-hybridized carbons (Fsp3) is 0.538. The van der Waals surface area contributed by atoms with Crippen molar-refractivity contribution >= 4 is 39.0 Å². The topological polar surface area (TPSA) is 38.2 Å². The van der Waals surface area contributed by atoms with E-state index in [4.69, 9.17) is 16.3 Å². The van der Waals surface area contributed by atoms with Crippen molar-refractivity contribution in [3.63, 3.8) is 0 Å². The SMILES string of the molecule is CC1CN(c2nc(Cl)nc3sccc23)CC(C)(C)O1. The Morgan fingerprint density at radius 3 is 3.00 bits per heavy atom. The highest BCUT2D eigenvalue weighted by atomic mass is 35.5. The van der Waals surface area contributed by atoms with Crippen molar-refractivity contribution < 1.29 is 4.74 Å². The Hall–Kier alpha value is -0.910. The lowest BCUT2D eigenvalue weighted by Crippen LogP contribution is -2.52. The van der Waals surface area contributed by atoms with E-state index in [1.54, 1.807) is 11.3 Å². The third kappa shape index (κ3) is 2.55. The number of anilines is 1. The van der Waals surface area contributed by atoms with Gasteiger partial charge in [-0.3, -0.25) is 0 Å². The molecule has 0 saturated carbocycles. The molecule has 102 valence electrons. The maximum atomic E-state index is 6.03. The van der Waals surface area contributed by atoms with Crippen molar-refractivity contribution in [3.8, 4) is 0 Å². The zero-order valence-electron chi connectivity index (χ0n) is 11.2. The molecule has 1 aliphatic rings. The first kappa shape index (κ1) is 13.1. The Kier molecular flexibility index (Phi) is 3.15. The fourth-order valence-corrected chi connectivity index (χ4v) is 3.64. The molecule has 4 nitrogen and oxygen atoms in total. The number of ether oxygens (including phenoxy) is 1. The largest absolute Gasteiger partial charge is 0.369 e. The molecule has 2 aromatic heterocycles. The third-order valence-corrected chi connectivity index (χ3v) is 4.12. The first-order chi connectivity index (χ1) is 8.94. The predicted molar refractivity (Wildman–Crippen MR) is 79.3 cm³/mol. The van der Waals surface area contributed by atoms with Crippen LogP contribution in [0, 0.1) is 0 Å². The molecule has 0 aromatic carbocycles. The summed E-state index contributed by atoms with van der Waals surface area (Å²) < 4.78 is 5.93. The van der Waals surface area contributed by atoms with Crippen LogP contribution in [0.3, 0.4) is 0 Å². The lowest BCUT2D eigenvalue weighted by Gasteiger charge is -2.42. The van der Waals surface area contributed by atoms with Gasteiger partial charge >= 0.3 is 0 Å². The molecule has 0 amide bonds. The van der Waals surface area contributed by atoms with Gasteiger partial charge < -0.3 is 9.64 Å². The maximum Gasteiger partial charge on any atom is 0.225 e. The van der Waals surface area contributed by atoms with Crippen LogP contribution < -0.4 is 4.90 Å². The summed E-state index contributed by atoms with van der Waals surface area (Å²) in [6.45, 7) is 7.91. The fourth-order valence-electron chi connectivity index (χ4n) is 2.67. The van der Waals surface area contributed by atoms with Gasteiger partial charge in [-0.15, -0.1) is 11.3 Å². The molecule has 3 heterocycles. The zero-order valence-corrected chi connectivity index (χ0v) is 12.8. The number of hydrogen-bond acceptors (Lipinski definition) is 5. The number of aromatic nitrogens is 2. The first-order valence-corrected chi connectivity index (χ1v) is 7.54. The Morgan fingerprint density at radius 2 is 2.26 bits per heavy atom.